The van der Waals surface area contributed by atoms with E-state index in [1.165, 1.54) is 11.3 Å². The Morgan fingerprint density at radius 1 is 1.28 bits per heavy atom. The number of rotatable bonds is 5. The molecule has 3 aromatic heterocycles. The van der Waals surface area contributed by atoms with Crippen molar-refractivity contribution in [2.75, 3.05) is 18.5 Å². The van der Waals surface area contributed by atoms with Crippen LogP contribution < -0.4 is 5.32 Å². The van der Waals surface area contributed by atoms with Crippen LogP contribution in [0.4, 0.5) is 5.13 Å². The zero-order valence-electron chi connectivity index (χ0n) is 14.6. The van der Waals surface area contributed by atoms with Crippen molar-refractivity contribution in [3.8, 4) is 0 Å². The fraction of sp³-hybridized carbons (Fsp3) is 0.625. The standard InChI is InChI=1S/C16H22N6O2S/c1-9(2)13-19-14(24-21-13)12(11-4-6-23-7-5-11)18-15-20-22-8-10(3)17-16(22)25-15/h8-9,11-12H,4-7H2,1-3H3,(H,18,20)/t12-/m1/s1. The lowest BCUT2D eigenvalue weighted by molar-refractivity contribution is 0.0571. The summed E-state index contributed by atoms with van der Waals surface area (Å²) in [7, 11) is 0. The third kappa shape index (κ3) is 3.38. The van der Waals surface area contributed by atoms with E-state index in [0.717, 1.165) is 47.7 Å². The minimum absolute atomic E-state index is 0.0687. The minimum Gasteiger partial charge on any atom is -0.381 e. The molecule has 1 aliphatic heterocycles. The van der Waals surface area contributed by atoms with Crippen LogP contribution in [0, 0.1) is 12.8 Å². The number of hydrogen-bond acceptors (Lipinski definition) is 8. The minimum atomic E-state index is -0.0687. The zero-order chi connectivity index (χ0) is 17.4. The average Bonchev–Trinajstić information content (AvgIpc) is 3.27. The molecular weight excluding hydrogens is 340 g/mol. The van der Waals surface area contributed by atoms with Crippen LogP contribution in [0.3, 0.4) is 0 Å². The number of nitrogens with one attached hydrogen (secondary N) is 1. The van der Waals surface area contributed by atoms with Gasteiger partial charge in [-0.2, -0.15) is 4.98 Å². The predicted molar refractivity (Wildman–Crippen MR) is 93.9 cm³/mol. The van der Waals surface area contributed by atoms with Gasteiger partial charge in [0.15, 0.2) is 5.82 Å². The number of ether oxygens (including phenoxy) is 1. The molecule has 1 atom stereocenters. The van der Waals surface area contributed by atoms with Crippen molar-refractivity contribution in [3.63, 3.8) is 0 Å². The van der Waals surface area contributed by atoms with Gasteiger partial charge < -0.3 is 14.6 Å². The first-order chi connectivity index (χ1) is 12.1. The Morgan fingerprint density at radius 2 is 2.08 bits per heavy atom. The summed E-state index contributed by atoms with van der Waals surface area (Å²) in [6, 6.07) is -0.0687. The highest BCUT2D eigenvalue weighted by molar-refractivity contribution is 7.20. The molecule has 1 saturated heterocycles. The largest absolute Gasteiger partial charge is 0.381 e. The quantitative estimate of drug-likeness (QED) is 0.745. The first kappa shape index (κ1) is 16.5. The van der Waals surface area contributed by atoms with Gasteiger partial charge in [0, 0.05) is 19.1 Å². The van der Waals surface area contributed by atoms with Crippen molar-refractivity contribution in [1.82, 2.24) is 24.7 Å². The fourth-order valence-corrected chi connectivity index (χ4v) is 3.90. The van der Waals surface area contributed by atoms with Crippen LogP contribution in [0.15, 0.2) is 10.7 Å². The van der Waals surface area contributed by atoms with Gasteiger partial charge in [-0.3, -0.25) is 0 Å². The first-order valence-electron chi connectivity index (χ1n) is 8.60. The molecule has 0 saturated carbocycles. The topological polar surface area (TPSA) is 90.4 Å². The van der Waals surface area contributed by atoms with Crippen LogP contribution >= 0.6 is 11.3 Å². The van der Waals surface area contributed by atoms with Crippen molar-refractivity contribution in [3.05, 3.63) is 23.6 Å². The van der Waals surface area contributed by atoms with E-state index in [0.29, 0.717) is 11.8 Å². The second-order valence-corrected chi connectivity index (χ2v) is 7.69. The Bertz CT molecular complexity index is 816. The monoisotopic (exact) mass is 362 g/mol. The van der Waals surface area contributed by atoms with E-state index in [1.807, 2.05) is 13.1 Å². The molecule has 4 heterocycles. The lowest BCUT2D eigenvalue weighted by atomic mass is 9.91. The second kappa shape index (κ2) is 6.72. The molecule has 0 spiro atoms. The van der Waals surface area contributed by atoms with Crippen LogP contribution in [-0.4, -0.2) is 38.0 Å². The summed E-state index contributed by atoms with van der Waals surface area (Å²) in [5.74, 6) is 1.96. The van der Waals surface area contributed by atoms with Gasteiger partial charge in [-0.25, -0.2) is 9.50 Å². The molecule has 0 aromatic carbocycles. The van der Waals surface area contributed by atoms with Crippen LogP contribution in [0.2, 0.25) is 0 Å². The molecule has 0 bridgehead atoms. The van der Waals surface area contributed by atoms with E-state index in [2.05, 4.69) is 39.4 Å². The number of hydrogen-bond donors (Lipinski definition) is 1. The predicted octanol–water partition coefficient (Wildman–Crippen LogP) is 3.19. The van der Waals surface area contributed by atoms with Gasteiger partial charge in [0.05, 0.1) is 11.9 Å². The summed E-state index contributed by atoms with van der Waals surface area (Å²) >= 11 is 1.53. The number of imidazole rings is 1. The third-order valence-corrected chi connectivity index (χ3v) is 5.27. The zero-order valence-corrected chi connectivity index (χ0v) is 15.4. The third-order valence-electron chi connectivity index (χ3n) is 4.42. The van der Waals surface area contributed by atoms with Gasteiger partial charge in [0.1, 0.15) is 6.04 Å². The Kier molecular flexibility index (Phi) is 4.43. The van der Waals surface area contributed by atoms with E-state index in [-0.39, 0.29) is 12.0 Å². The van der Waals surface area contributed by atoms with Crippen LogP contribution in [-0.2, 0) is 4.74 Å². The maximum absolute atomic E-state index is 5.58. The van der Waals surface area contributed by atoms with Gasteiger partial charge in [0.25, 0.3) is 0 Å². The molecule has 0 amide bonds. The molecule has 0 radical (unpaired) electrons. The van der Waals surface area contributed by atoms with Crippen molar-refractivity contribution in [2.45, 2.75) is 45.6 Å². The Balaban J connectivity index is 1.62. The first-order valence-corrected chi connectivity index (χ1v) is 9.42. The van der Waals surface area contributed by atoms with E-state index in [1.54, 1.807) is 4.52 Å². The lowest BCUT2D eigenvalue weighted by Gasteiger charge is -2.28. The Morgan fingerprint density at radius 3 is 2.76 bits per heavy atom. The molecule has 3 aromatic rings. The van der Waals surface area contributed by atoms with Crippen molar-refractivity contribution in [1.29, 1.82) is 0 Å². The van der Waals surface area contributed by atoms with Gasteiger partial charge in [-0.1, -0.05) is 30.3 Å². The molecule has 0 unspecified atom stereocenters. The highest BCUT2D eigenvalue weighted by Crippen LogP contribution is 2.34. The smallest absolute Gasteiger partial charge is 0.249 e. The molecule has 25 heavy (non-hydrogen) atoms. The summed E-state index contributed by atoms with van der Waals surface area (Å²) in [6.07, 6.45) is 3.83. The van der Waals surface area contributed by atoms with Crippen molar-refractivity contribution >= 4 is 21.4 Å². The molecule has 1 fully saturated rings. The van der Waals surface area contributed by atoms with Crippen LogP contribution in [0.5, 0.6) is 0 Å². The number of aromatic nitrogens is 5. The summed E-state index contributed by atoms with van der Waals surface area (Å²) in [5, 5.41) is 13.0. The van der Waals surface area contributed by atoms with E-state index >= 15 is 0 Å². The summed E-state index contributed by atoms with van der Waals surface area (Å²) < 4.78 is 12.9. The Labute approximate surface area is 149 Å². The van der Waals surface area contributed by atoms with E-state index in [9.17, 15) is 0 Å². The SMILES string of the molecule is Cc1cn2nc(N[C@@H](c3nc(C(C)C)no3)C3CCOCC3)sc2n1. The summed E-state index contributed by atoms with van der Waals surface area (Å²) in [4.78, 5) is 9.95. The number of fused-ring (bicyclic) bond motifs is 1. The van der Waals surface area contributed by atoms with E-state index in [4.69, 9.17) is 9.26 Å². The normalized spacial score (nSPS) is 17.4. The molecule has 9 heteroatoms. The molecule has 1 aliphatic rings. The molecule has 134 valence electrons. The van der Waals surface area contributed by atoms with Crippen LogP contribution in [0.1, 0.15) is 56.1 Å². The van der Waals surface area contributed by atoms with Crippen LogP contribution in [0.25, 0.3) is 4.96 Å². The highest BCUT2D eigenvalue weighted by Gasteiger charge is 2.31. The number of aryl methyl sites for hydroxylation is 1. The number of nitrogens with zero attached hydrogens (tertiary/aromatic N) is 5. The molecule has 1 N–H and O–H groups in total. The number of anilines is 1. The summed E-state index contributed by atoms with van der Waals surface area (Å²) in [6.45, 7) is 7.60. The maximum atomic E-state index is 5.58. The molecular formula is C16H22N6O2S. The van der Waals surface area contributed by atoms with Gasteiger partial charge in [0.2, 0.25) is 16.0 Å². The van der Waals surface area contributed by atoms with E-state index < -0.39 is 0 Å². The van der Waals surface area contributed by atoms with Crippen molar-refractivity contribution < 1.29 is 9.26 Å². The molecule has 4 rings (SSSR count). The van der Waals surface area contributed by atoms with Gasteiger partial charge >= 0.3 is 0 Å². The fourth-order valence-electron chi connectivity index (χ4n) is 3.04. The molecule has 0 aliphatic carbocycles. The maximum Gasteiger partial charge on any atom is 0.249 e. The second-order valence-electron chi connectivity index (χ2n) is 6.73. The lowest BCUT2D eigenvalue weighted by Crippen LogP contribution is -2.27. The summed E-state index contributed by atoms with van der Waals surface area (Å²) in [5.41, 5.74) is 0.963. The molecule has 8 nitrogen and oxygen atoms in total. The van der Waals surface area contributed by atoms with Crippen molar-refractivity contribution in [2.24, 2.45) is 5.92 Å². The Hall–Kier alpha value is -2.00. The highest BCUT2D eigenvalue weighted by atomic mass is 32.1. The van der Waals surface area contributed by atoms with Gasteiger partial charge in [-0.05, 0) is 25.7 Å². The average molecular weight is 362 g/mol. The van der Waals surface area contributed by atoms with Gasteiger partial charge in [-0.15, -0.1) is 5.10 Å².